The Morgan fingerprint density at radius 3 is 2.61 bits per heavy atom. The number of β-amino-alcohol motifs (C(OH)–C–C–N with tert-alkyl or cyclic N) is 1. The molecule has 1 aliphatic rings. The summed E-state index contributed by atoms with van der Waals surface area (Å²) in [6.07, 6.45) is 0.727. The lowest BCUT2D eigenvalue weighted by molar-refractivity contribution is 0.142. The molecular weight excluding hydrogens is 224 g/mol. The van der Waals surface area contributed by atoms with Crippen LogP contribution in [-0.4, -0.2) is 35.7 Å². The molecule has 1 aromatic carbocycles. The molecule has 1 aliphatic heterocycles. The first kappa shape index (κ1) is 13.5. The Morgan fingerprint density at radius 1 is 1.39 bits per heavy atom. The molecule has 2 rings (SSSR count). The van der Waals surface area contributed by atoms with E-state index in [-0.39, 0.29) is 17.6 Å². The van der Waals surface area contributed by atoms with Gasteiger partial charge in [-0.1, -0.05) is 44.2 Å². The monoisotopic (exact) mass is 248 g/mol. The zero-order valence-corrected chi connectivity index (χ0v) is 11.3. The van der Waals surface area contributed by atoms with Crippen LogP contribution in [-0.2, 0) is 0 Å². The summed E-state index contributed by atoms with van der Waals surface area (Å²) in [5.41, 5.74) is 7.58. The summed E-state index contributed by atoms with van der Waals surface area (Å²) in [4.78, 5) is 2.31. The fraction of sp³-hybridized carbons (Fsp3) is 0.600. The third kappa shape index (κ3) is 3.10. The highest BCUT2D eigenvalue weighted by Gasteiger charge is 2.32. The molecule has 1 aromatic rings. The molecule has 3 N–H and O–H groups in total. The van der Waals surface area contributed by atoms with E-state index in [0.717, 1.165) is 26.1 Å². The van der Waals surface area contributed by atoms with Gasteiger partial charge in [0.05, 0.1) is 6.10 Å². The van der Waals surface area contributed by atoms with Gasteiger partial charge in [0.1, 0.15) is 0 Å². The molecule has 100 valence electrons. The summed E-state index contributed by atoms with van der Waals surface area (Å²) >= 11 is 0. The zero-order chi connectivity index (χ0) is 13.2. The van der Waals surface area contributed by atoms with Crippen LogP contribution in [0.2, 0.25) is 0 Å². The van der Waals surface area contributed by atoms with Crippen molar-refractivity contribution in [1.82, 2.24) is 4.90 Å². The van der Waals surface area contributed by atoms with Crippen LogP contribution < -0.4 is 5.73 Å². The van der Waals surface area contributed by atoms with Crippen LogP contribution in [0, 0.1) is 5.41 Å². The highest BCUT2D eigenvalue weighted by molar-refractivity contribution is 5.20. The molecule has 2 unspecified atom stereocenters. The van der Waals surface area contributed by atoms with Crippen molar-refractivity contribution in [2.24, 2.45) is 11.1 Å². The van der Waals surface area contributed by atoms with Gasteiger partial charge in [0.2, 0.25) is 0 Å². The van der Waals surface area contributed by atoms with E-state index < -0.39 is 0 Å². The molecule has 2 atom stereocenters. The minimum Gasteiger partial charge on any atom is -0.392 e. The quantitative estimate of drug-likeness (QED) is 0.854. The number of aliphatic hydroxyl groups is 1. The van der Waals surface area contributed by atoms with E-state index in [1.807, 2.05) is 18.2 Å². The number of aliphatic hydroxyl groups excluding tert-OH is 1. The first-order valence-electron chi connectivity index (χ1n) is 6.70. The van der Waals surface area contributed by atoms with Crippen LogP contribution in [0.3, 0.4) is 0 Å². The van der Waals surface area contributed by atoms with Crippen molar-refractivity contribution in [2.45, 2.75) is 32.4 Å². The lowest BCUT2D eigenvalue weighted by Gasteiger charge is -2.35. The third-order valence-electron chi connectivity index (χ3n) is 3.88. The van der Waals surface area contributed by atoms with E-state index in [1.165, 1.54) is 5.56 Å². The van der Waals surface area contributed by atoms with Gasteiger partial charge >= 0.3 is 0 Å². The number of benzene rings is 1. The molecule has 0 saturated carbocycles. The Bertz CT molecular complexity index is 377. The van der Waals surface area contributed by atoms with Crippen molar-refractivity contribution in [3.05, 3.63) is 35.9 Å². The summed E-state index contributed by atoms with van der Waals surface area (Å²) in [5, 5.41) is 9.58. The first-order chi connectivity index (χ1) is 8.49. The molecule has 18 heavy (non-hydrogen) atoms. The molecule has 0 aromatic heterocycles. The molecule has 1 fully saturated rings. The Balaban J connectivity index is 2.01. The molecule has 0 amide bonds. The Kier molecular flexibility index (Phi) is 4.05. The van der Waals surface area contributed by atoms with E-state index in [9.17, 15) is 5.11 Å². The maximum Gasteiger partial charge on any atom is 0.0679 e. The van der Waals surface area contributed by atoms with Crippen molar-refractivity contribution >= 4 is 0 Å². The SMILES string of the molecule is CC(C)(CN1CCC(O)C1)C(N)c1ccccc1. The van der Waals surface area contributed by atoms with Gasteiger partial charge < -0.3 is 15.7 Å². The fourth-order valence-electron chi connectivity index (χ4n) is 2.74. The number of likely N-dealkylation sites (tertiary alicyclic amines) is 1. The van der Waals surface area contributed by atoms with Crippen molar-refractivity contribution in [3.63, 3.8) is 0 Å². The average molecular weight is 248 g/mol. The van der Waals surface area contributed by atoms with Crippen LogP contribution >= 0.6 is 0 Å². The Hall–Kier alpha value is -0.900. The van der Waals surface area contributed by atoms with Crippen molar-refractivity contribution in [1.29, 1.82) is 0 Å². The van der Waals surface area contributed by atoms with Crippen LogP contribution in [0.25, 0.3) is 0 Å². The van der Waals surface area contributed by atoms with E-state index >= 15 is 0 Å². The smallest absolute Gasteiger partial charge is 0.0679 e. The number of hydrogen-bond acceptors (Lipinski definition) is 3. The third-order valence-corrected chi connectivity index (χ3v) is 3.88. The predicted octanol–water partition coefficient (Wildman–Crippen LogP) is 1.78. The first-order valence-corrected chi connectivity index (χ1v) is 6.70. The summed E-state index contributed by atoms with van der Waals surface area (Å²) in [6.45, 7) is 7.10. The predicted molar refractivity (Wildman–Crippen MR) is 74.2 cm³/mol. The van der Waals surface area contributed by atoms with Gasteiger partial charge in [0.15, 0.2) is 0 Å². The second kappa shape index (κ2) is 5.39. The second-order valence-corrected chi connectivity index (χ2v) is 6.05. The number of hydrogen-bond donors (Lipinski definition) is 2. The van der Waals surface area contributed by atoms with Crippen molar-refractivity contribution in [2.75, 3.05) is 19.6 Å². The molecule has 0 aliphatic carbocycles. The summed E-state index contributed by atoms with van der Waals surface area (Å²) < 4.78 is 0. The molecule has 0 spiro atoms. The highest BCUT2D eigenvalue weighted by Crippen LogP contribution is 2.32. The van der Waals surface area contributed by atoms with E-state index in [0.29, 0.717) is 0 Å². The minimum absolute atomic E-state index is 0.00537. The van der Waals surface area contributed by atoms with Crippen LogP contribution in [0.15, 0.2) is 30.3 Å². The largest absolute Gasteiger partial charge is 0.392 e. The van der Waals surface area contributed by atoms with Gasteiger partial charge in [0.25, 0.3) is 0 Å². The van der Waals surface area contributed by atoms with Crippen molar-refractivity contribution in [3.8, 4) is 0 Å². The van der Waals surface area contributed by atoms with Gasteiger partial charge in [0, 0.05) is 25.7 Å². The lowest BCUT2D eigenvalue weighted by Crippen LogP contribution is -2.40. The standard InChI is InChI=1S/C15H24N2O/c1-15(2,11-17-9-8-13(18)10-17)14(16)12-6-4-3-5-7-12/h3-7,13-14,18H,8-11,16H2,1-2H3. The lowest BCUT2D eigenvalue weighted by atomic mass is 9.80. The molecular formula is C15H24N2O. The molecule has 0 bridgehead atoms. The van der Waals surface area contributed by atoms with Crippen LogP contribution in [0.1, 0.15) is 31.9 Å². The number of rotatable bonds is 4. The number of nitrogens with zero attached hydrogens (tertiary/aromatic N) is 1. The topological polar surface area (TPSA) is 49.5 Å². The molecule has 3 heteroatoms. The Morgan fingerprint density at radius 2 is 2.06 bits per heavy atom. The normalized spacial score (nSPS) is 23.2. The summed E-state index contributed by atoms with van der Waals surface area (Å²) in [6, 6.07) is 10.3. The number of nitrogens with two attached hydrogens (primary N) is 1. The van der Waals surface area contributed by atoms with Crippen molar-refractivity contribution < 1.29 is 5.11 Å². The van der Waals surface area contributed by atoms with Gasteiger partial charge in [-0.2, -0.15) is 0 Å². The minimum atomic E-state index is -0.159. The van der Waals surface area contributed by atoms with Crippen LogP contribution in [0.5, 0.6) is 0 Å². The van der Waals surface area contributed by atoms with Gasteiger partial charge in [-0.15, -0.1) is 0 Å². The van der Waals surface area contributed by atoms with E-state index in [2.05, 4.69) is 30.9 Å². The zero-order valence-electron chi connectivity index (χ0n) is 11.3. The van der Waals surface area contributed by atoms with Gasteiger partial charge in [-0.25, -0.2) is 0 Å². The van der Waals surface area contributed by atoms with Gasteiger partial charge in [-0.05, 0) is 17.4 Å². The molecule has 3 nitrogen and oxygen atoms in total. The fourth-order valence-corrected chi connectivity index (χ4v) is 2.74. The molecule has 1 saturated heterocycles. The van der Waals surface area contributed by atoms with Gasteiger partial charge in [-0.3, -0.25) is 0 Å². The Labute approximate surface area is 110 Å². The highest BCUT2D eigenvalue weighted by atomic mass is 16.3. The van der Waals surface area contributed by atoms with Crippen LogP contribution in [0.4, 0.5) is 0 Å². The average Bonchev–Trinajstić information content (AvgIpc) is 2.74. The summed E-state index contributed by atoms with van der Waals surface area (Å²) in [5.74, 6) is 0. The summed E-state index contributed by atoms with van der Waals surface area (Å²) in [7, 11) is 0. The second-order valence-electron chi connectivity index (χ2n) is 6.05. The molecule has 0 radical (unpaired) electrons. The van der Waals surface area contributed by atoms with E-state index in [1.54, 1.807) is 0 Å². The maximum absolute atomic E-state index is 9.58. The van der Waals surface area contributed by atoms with E-state index in [4.69, 9.17) is 5.73 Å². The molecule has 1 heterocycles. The maximum atomic E-state index is 9.58.